The maximum Gasteiger partial charge on any atom is 0.310 e. The van der Waals surface area contributed by atoms with Gasteiger partial charge in [0.15, 0.2) is 0 Å². The Morgan fingerprint density at radius 3 is 2.75 bits per heavy atom. The van der Waals surface area contributed by atoms with Crippen molar-refractivity contribution in [2.24, 2.45) is 5.92 Å². The van der Waals surface area contributed by atoms with Crippen LogP contribution in [0.1, 0.15) is 17.9 Å². The molecule has 0 unspecified atom stereocenters. The number of hydrogen-bond donors (Lipinski definition) is 0. The highest BCUT2D eigenvalue weighted by Gasteiger charge is 2.35. The van der Waals surface area contributed by atoms with Gasteiger partial charge >= 0.3 is 5.97 Å². The molecule has 1 aliphatic heterocycles. The van der Waals surface area contributed by atoms with Gasteiger partial charge in [0.05, 0.1) is 13.0 Å². The molecule has 1 aliphatic rings. The first-order chi connectivity index (χ1) is 9.65. The van der Waals surface area contributed by atoms with Gasteiger partial charge in [-0.25, -0.2) is 4.39 Å². The fourth-order valence-corrected chi connectivity index (χ4v) is 2.97. The molecule has 0 amide bonds. The zero-order chi connectivity index (χ0) is 14.5. The van der Waals surface area contributed by atoms with E-state index in [4.69, 9.17) is 16.3 Å². The topological polar surface area (TPSA) is 29.5 Å². The Labute approximate surface area is 123 Å². The molecular weight excluding hydrogens is 281 g/mol. The highest BCUT2D eigenvalue weighted by molar-refractivity contribution is 6.30. The van der Waals surface area contributed by atoms with Gasteiger partial charge in [0.2, 0.25) is 0 Å². The number of carbonyl (C=O) groups excluding carboxylic acids is 1. The van der Waals surface area contributed by atoms with E-state index in [2.05, 4.69) is 0 Å². The number of alkyl halides is 1. The van der Waals surface area contributed by atoms with Crippen LogP contribution in [0.3, 0.4) is 0 Å². The Bertz CT molecular complexity index is 452. The number of ether oxygens (including phenoxy) is 1. The summed E-state index contributed by atoms with van der Waals surface area (Å²) in [6.07, 6.45) is 0.821. The molecule has 5 heteroatoms. The van der Waals surface area contributed by atoms with E-state index in [0.29, 0.717) is 18.1 Å². The smallest absolute Gasteiger partial charge is 0.310 e. The molecule has 1 aromatic carbocycles. The standard InChI is InChI=1S/C15H19ClFNO2/c1-20-15(19)14-10-18(9-7-17)8-6-13(14)11-2-4-12(16)5-3-11/h2-5,13-14H,6-10H2,1H3/t13-,14+/m1/s1. The summed E-state index contributed by atoms with van der Waals surface area (Å²) in [5, 5.41) is 0.679. The third-order valence-electron chi connectivity index (χ3n) is 3.90. The summed E-state index contributed by atoms with van der Waals surface area (Å²) in [4.78, 5) is 14.0. The molecule has 20 heavy (non-hydrogen) atoms. The van der Waals surface area contributed by atoms with Crippen molar-refractivity contribution >= 4 is 17.6 Å². The van der Waals surface area contributed by atoms with Crippen LogP contribution in [0.25, 0.3) is 0 Å². The largest absolute Gasteiger partial charge is 0.469 e. The molecule has 0 aliphatic carbocycles. The molecule has 0 radical (unpaired) electrons. The van der Waals surface area contributed by atoms with Gasteiger partial charge in [-0.3, -0.25) is 9.69 Å². The van der Waals surface area contributed by atoms with Crippen LogP contribution in [0.2, 0.25) is 5.02 Å². The monoisotopic (exact) mass is 299 g/mol. The lowest BCUT2D eigenvalue weighted by Gasteiger charge is -2.37. The lowest BCUT2D eigenvalue weighted by atomic mass is 9.80. The van der Waals surface area contributed by atoms with Crippen molar-refractivity contribution < 1.29 is 13.9 Å². The number of esters is 1. The van der Waals surface area contributed by atoms with Gasteiger partial charge < -0.3 is 4.74 Å². The molecule has 0 saturated carbocycles. The molecule has 3 nitrogen and oxygen atoms in total. The number of nitrogens with zero attached hydrogens (tertiary/aromatic N) is 1. The summed E-state index contributed by atoms with van der Waals surface area (Å²) in [6, 6.07) is 7.57. The third kappa shape index (κ3) is 3.49. The highest BCUT2D eigenvalue weighted by atomic mass is 35.5. The van der Waals surface area contributed by atoms with E-state index in [0.717, 1.165) is 18.5 Å². The Hall–Kier alpha value is -1.13. The highest BCUT2D eigenvalue weighted by Crippen LogP contribution is 2.34. The number of methoxy groups -OCH3 is 1. The Kier molecular flexibility index (Phi) is 5.38. The number of benzene rings is 1. The van der Waals surface area contributed by atoms with Gasteiger partial charge in [0.1, 0.15) is 6.67 Å². The normalized spacial score (nSPS) is 23.6. The number of likely N-dealkylation sites (tertiary alicyclic amines) is 1. The van der Waals surface area contributed by atoms with Crippen LogP contribution in [0.5, 0.6) is 0 Å². The van der Waals surface area contributed by atoms with Crippen LogP contribution in [0, 0.1) is 5.92 Å². The predicted octanol–water partition coefficient (Wildman–Crippen LogP) is 2.89. The zero-order valence-electron chi connectivity index (χ0n) is 11.5. The van der Waals surface area contributed by atoms with Crippen molar-refractivity contribution in [1.82, 2.24) is 4.90 Å². The summed E-state index contributed by atoms with van der Waals surface area (Å²) in [6.45, 7) is 1.33. The maximum atomic E-state index is 12.5. The number of halogens is 2. The molecule has 0 bridgehead atoms. The third-order valence-corrected chi connectivity index (χ3v) is 4.15. The second-order valence-corrected chi connectivity index (χ2v) is 5.50. The van der Waals surface area contributed by atoms with Crippen LogP contribution in [-0.2, 0) is 9.53 Å². The fraction of sp³-hybridized carbons (Fsp3) is 0.533. The molecule has 1 heterocycles. The Morgan fingerprint density at radius 2 is 2.15 bits per heavy atom. The van der Waals surface area contributed by atoms with Crippen molar-refractivity contribution in [3.05, 3.63) is 34.9 Å². The Balaban J connectivity index is 2.17. The van der Waals surface area contributed by atoms with Crippen molar-refractivity contribution in [1.29, 1.82) is 0 Å². The number of hydrogen-bond acceptors (Lipinski definition) is 3. The van der Waals surface area contributed by atoms with Gasteiger partial charge in [0, 0.05) is 18.1 Å². The Morgan fingerprint density at radius 1 is 1.45 bits per heavy atom. The molecule has 0 spiro atoms. The summed E-state index contributed by atoms with van der Waals surface area (Å²) < 4.78 is 17.4. The van der Waals surface area contributed by atoms with Crippen molar-refractivity contribution in [3.8, 4) is 0 Å². The molecule has 1 fully saturated rings. The van der Waals surface area contributed by atoms with Crippen LogP contribution in [0.4, 0.5) is 4.39 Å². The van der Waals surface area contributed by atoms with E-state index in [-0.39, 0.29) is 24.5 Å². The molecule has 0 N–H and O–H groups in total. The van der Waals surface area contributed by atoms with Crippen molar-refractivity contribution in [3.63, 3.8) is 0 Å². The lowest BCUT2D eigenvalue weighted by molar-refractivity contribution is -0.148. The summed E-state index contributed by atoms with van der Waals surface area (Å²) in [5.74, 6) is -0.370. The minimum atomic E-state index is -0.389. The molecule has 1 aromatic rings. The average molecular weight is 300 g/mol. The van der Waals surface area contributed by atoms with E-state index in [1.807, 2.05) is 29.2 Å². The molecule has 110 valence electrons. The summed E-state index contributed by atoms with van der Waals surface area (Å²) in [7, 11) is 1.40. The second kappa shape index (κ2) is 7.04. The van der Waals surface area contributed by atoms with Crippen LogP contribution >= 0.6 is 11.6 Å². The summed E-state index contributed by atoms with van der Waals surface area (Å²) in [5.41, 5.74) is 1.09. The average Bonchev–Trinajstić information content (AvgIpc) is 2.48. The van der Waals surface area contributed by atoms with Gasteiger partial charge in [-0.2, -0.15) is 0 Å². The molecule has 2 atom stereocenters. The first-order valence-corrected chi connectivity index (χ1v) is 7.15. The molecule has 2 rings (SSSR count). The van der Waals surface area contributed by atoms with E-state index in [9.17, 15) is 9.18 Å². The van der Waals surface area contributed by atoms with Crippen LogP contribution in [0.15, 0.2) is 24.3 Å². The van der Waals surface area contributed by atoms with Crippen LogP contribution in [-0.4, -0.2) is 44.3 Å². The maximum absolute atomic E-state index is 12.5. The minimum absolute atomic E-state index is 0.107. The van der Waals surface area contributed by atoms with E-state index >= 15 is 0 Å². The van der Waals surface area contributed by atoms with Gasteiger partial charge in [0.25, 0.3) is 0 Å². The van der Waals surface area contributed by atoms with Gasteiger partial charge in [-0.15, -0.1) is 0 Å². The minimum Gasteiger partial charge on any atom is -0.469 e. The van der Waals surface area contributed by atoms with Crippen molar-refractivity contribution in [2.45, 2.75) is 12.3 Å². The van der Waals surface area contributed by atoms with E-state index in [1.165, 1.54) is 7.11 Å². The SMILES string of the molecule is COC(=O)[C@H]1CN(CCF)CC[C@@H]1c1ccc(Cl)cc1. The zero-order valence-corrected chi connectivity index (χ0v) is 12.3. The molecular formula is C15H19ClFNO2. The number of carbonyl (C=O) groups is 1. The van der Waals surface area contributed by atoms with E-state index < -0.39 is 0 Å². The van der Waals surface area contributed by atoms with Crippen LogP contribution < -0.4 is 0 Å². The lowest BCUT2D eigenvalue weighted by Crippen LogP contribution is -2.44. The predicted molar refractivity (Wildman–Crippen MR) is 76.7 cm³/mol. The van der Waals surface area contributed by atoms with Gasteiger partial charge in [-0.05, 0) is 36.6 Å². The molecule has 1 saturated heterocycles. The molecule has 0 aromatic heterocycles. The first kappa shape index (κ1) is 15.3. The van der Waals surface area contributed by atoms with Crippen molar-refractivity contribution in [2.75, 3.05) is 33.4 Å². The van der Waals surface area contributed by atoms with E-state index in [1.54, 1.807) is 0 Å². The fourth-order valence-electron chi connectivity index (χ4n) is 2.84. The quantitative estimate of drug-likeness (QED) is 0.801. The first-order valence-electron chi connectivity index (χ1n) is 6.77. The second-order valence-electron chi connectivity index (χ2n) is 5.07. The summed E-state index contributed by atoms with van der Waals surface area (Å²) >= 11 is 5.90. The van der Waals surface area contributed by atoms with Gasteiger partial charge in [-0.1, -0.05) is 23.7 Å². The number of rotatable bonds is 4. The number of piperidine rings is 1.